The van der Waals surface area contributed by atoms with E-state index in [-0.39, 0.29) is 0 Å². The molecular formula is C14H12BrNO2. The maximum absolute atomic E-state index is 6.15. The van der Waals surface area contributed by atoms with E-state index in [0.717, 1.165) is 15.4 Å². The minimum Gasteiger partial charge on any atom is -0.466 e. The van der Waals surface area contributed by atoms with Gasteiger partial charge in [0.05, 0.1) is 10.7 Å². The van der Waals surface area contributed by atoms with E-state index in [0.29, 0.717) is 11.5 Å². The SMILES string of the molecule is Cc1ccc2oc(C(N)c3occc3Br)cc2c1. The van der Waals surface area contributed by atoms with Gasteiger partial charge in [-0.1, -0.05) is 11.6 Å². The summed E-state index contributed by atoms with van der Waals surface area (Å²) in [4.78, 5) is 0. The van der Waals surface area contributed by atoms with Gasteiger partial charge in [-0.2, -0.15) is 0 Å². The van der Waals surface area contributed by atoms with Gasteiger partial charge in [-0.05, 0) is 47.1 Å². The molecule has 0 fully saturated rings. The summed E-state index contributed by atoms with van der Waals surface area (Å²) < 4.78 is 12.0. The first-order valence-corrected chi connectivity index (χ1v) is 6.43. The Hall–Kier alpha value is -1.52. The lowest BCUT2D eigenvalue weighted by molar-refractivity contribution is 0.443. The predicted molar refractivity (Wildman–Crippen MR) is 73.4 cm³/mol. The molecule has 0 saturated heterocycles. The van der Waals surface area contributed by atoms with Gasteiger partial charge >= 0.3 is 0 Å². The molecule has 0 aliphatic rings. The molecule has 0 amide bonds. The first-order valence-electron chi connectivity index (χ1n) is 5.64. The molecular weight excluding hydrogens is 294 g/mol. The molecule has 0 bridgehead atoms. The Balaban J connectivity index is 2.07. The summed E-state index contributed by atoms with van der Waals surface area (Å²) >= 11 is 3.40. The number of benzene rings is 1. The van der Waals surface area contributed by atoms with Crippen LogP contribution >= 0.6 is 15.9 Å². The van der Waals surface area contributed by atoms with Crippen LogP contribution in [0.2, 0.25) is 0 Å². The molecule has 0 saturated carbocycles. The number of fused-ring (bicyclic) bond motifs is 1. The summed E-state index contributed by atoms with van der Waals surface area (Å²) in [5.41, 5.74) is 8.18. The van der Waals surface area contributed by atoms with Crippen molar-refractivity contribution in [1.29, 1.82) is 0 Å². The lowest BCUT2D eigenvalue weighted by Crippen LogP contribution is -2.10. The van der Waals surface area contributed by atoms with Gasteiger partial charge in [0.25, 0.3) is 0 Å². The molecule has 2 N–H and O–H groups in total. The number of halogens is 1. The van der Waals surface area contributed by atoms with Gasteiger partial charge in [0.2, 0.25) is 0 Å². The first kappa shape index (κ1) is 11.6. The number of nitrogens with two attached hydrogens (primary N) is 1. The second-order valence-corrected chi connectivity index (χ2v) is 5.15. The summed E-state index contributed by atoms with van der Waals surface area (Å²) in [6.07, 6.45) is 1.60. The van der Waals surface area contributed by atoms with Crippen LogP contribution in [0.15, 0.2) is 49.9 Å². The van der Waals surface area contributed by atoms with Gasteiger partial charge in [-0.15, -0.1) is 0 Å². The van der Waals surface area contributed by atoms with E-state index in [4.69, 9.17) is 14.6 Å². The van der Waals surface area contributed by atoms with Gasteiger partial charge in [-0.3, -0.25) is 0 Å². The topological polar surface area (TPSA) is 52.3 Å². The summed E-state index contributed by atoms with van der Waals surface area (Å²) in [7, 11) is 0. The summed E-state index contributed by atoms with van der Waals surface area (Å²) in [5, 5.41) is 1.06. The minimum atomic E-state index is -0.401. The fraction of sp³-hybridized carbons (Fsp3) is 0.143. The Morgan fingerprint density at radius 1 is 1.22 bits per heavy atom. The fourth-order valence-electron chi connectivity index (χ4n) is 1.99. The van der Waals surface area contributed by atoms with E-state index in [1.807, 2.05) is 24.3 Å². The molecule has 3 aromatic rings. The molecule has 1 atom stereocenters. The number of aryl methyl sites for hydroxylation is 1. The van der Waals surface area contributed by atoms with Crippen LogP contribution in [0.5, 0.6) is 0 Å². The van der Waals surface area contributed by atoms with Crippen molar-refractivity contribution in [2.45, 2.75) is 13.0 Å². The van der Waals surface area contributed by atoms with Crippen molar-refractivity contribution in [3.05, 3.63) is 58.2 Å². The van der Waals surface area contributed by atoms with E-state index in [1.54, 1.807) is 6.26 Å². The average molecular weight is 306 g/mol. The van der Waals surface area contributed by atoms with E-state index < -0.39 is 6.04 Å². The van der Waals surface area contributed by atoms with Crippen molar-refractivity contribution in [2.24, 2.45) is 5.73 Å². The Morgan fingerprint density at radius 2 is 2.06 bits per heavy atom. The lowest BCUT2D eigenvalue weighted by atomic mass is 10.1. The minimum absolute atomic E-state index is 0.401. The summed E-state index contributed by atoms with van der Waals surface area (Å²) in [5.74, 6) is 1.37. The first-order chi connectivity index (χ1) is 8.65. The van der Waals surface area contributed by atoms with E-state index in [1.165, 1.54) is 5.56 Å². The summed E-state index contributed by atoms with van der Waals surface area (Å²) in [6, 6.07) is 9.43. The molecule has 3 nitrogen and oxygen atoms in total. The van der Waals surface area contributed by atoms with E-state index >= 15 is 0 Å². The van der Waals surface area contributed by atoms with Gasteiger partial charge in [-0.25, -0.2) is 0 Å². The van der Waals surface area contributed by atoms with Crippen LogP contribution in [0.3, 0.4) is 0 Å². The quantitative estimate of drug-likeness (QED) is 0.774. The number of hydrogen-bond donors (Lipinski definition) is 1. The van der Waals surface area contributed by atoms with Crippen molar-refractivity contribution < 1.29 is 8.83 Å². The maximum atomic E-state index is 6.15. The Morgan fingerprint density at radius 3 is 2.78 bits per heavy atom. The standard InChI is InChI=1S/C14H12BrNO2/c1-8-2-3-11-9(6-8)7-12(18-11)13(16)14-10(15)4-5-17-14/h2-7,13H,16H2,1H3. The highest BCUT2D eigenvalue weighted by molar-refractivity contribution is 9.10. The molecule has 0 aliphatic heterocycles. The molecule has 3 rings (SSSR count). The summed E-state index contributed by atoms with van der Waals surface area (Å²) in [6.45, 7) is 2.05. The number of rotatable bonds is 2. The third-order valence-corrected chi connectivity index (χ3v) is 3.58. The lowest BCUT2D eigenvalue weighted by Gasteiger charge is -2.05. The Bertz CT molecular complexity index is 699. The zero-order valence-electron chi connectivity index (χ0n) is 9.81. The Labute approximate surface area is 113 Å². The second-order valence-electron chi connectivity index (χ2n) is 4.30. The van der Waals surface area contributed by atoms with Gasteiger partial charge in [0.1, 0.15) is 23.1 Å². The van der Waals surface area contributed by atoms with Crippen LogP contribution in [0.1, 0.15) is 23.1 Å². The highest BCUT2D eigenvalue weighted by Gasteiger charge is 2.19. The van der Waals surface area contributed by atoms with Crippen LogP contribution in [0.25, 0.3) is 11.0 Å². The molecule has 1 unspecified atom stereocenters. The van der Waals surface area contributed by atoms with Crippen LogP contribution in [0.4, 0.5) is 0 Å². The highest BCUT2D eigenvalue weighted by atomic mass is 79.9. The third-order valence-electron chi connectivity index (χ3n) is 2.92. The molecule has 1 aromatic carbocycles. The molecule has 0 aliphatic carbocycles. The largest absolute Gasteiger partial charge is 0.466 e. The second kappa shape index (κ2) is 4.30. The zero-order valence-corrected chi connectivity index (χ0v) is 11.4. The van der Waals surface area contributed by atoms with Crippen molar-refractivity contribution in [3.8, 4) is 0 Å². The molecule has 4 heteroatoms. The van der Waals surface area contributed by atoms with Crippen molar-refractivity contribution in [1.82, 2.24) is 0 Å². The van der Waals surface area contributed by atoms with Crippen molar-refractivity contribution >= 4 is 26.9 Å². The number of furan rings is 2. The molecule has 0 radical (unpaired) electrons. The number of hydrogen-bond acceptors (Lipinski definition) is 3. The van der Waals surface area contributed by atoms with Crippen molar-refractivity contribution in [2.75, 3.05) is 0 Å². The smallest absolute Gasteiger partial charge is 0.142 e. The molecule has 2 heterocycles. The van der Waals surface area contributed by atoms with Crippen LogP contribution in [0, 0.1) is 6.92 Å². The monoisotopic (exact) mass is 305 g/mol. The average Bonchev–Trinajstić information content (AvgIpc) is 2.93. The zero-order chi connectivity index (χ0) is 12.7. The van der Waals surface area contributed by atoms with Crippen LogP contribution in [-0.4, -0.2) is 0 Å². The van der Waals surface area contributed by atoms with Gasteiger partial charge in [0.15, 0.2) is 0 Å². The highest BCUT2D eigenvalue weighted by Crippen LogP contribution is 2.31. The van der Waals surface area contributed by atoms with Crippen molar-refractivity contribution in [3.63, 3.8) is 0 Å². The third kappa shape index (κ3) is 1.87. The van der Waals surface area contributed by atoms with E-state index in [9.17, 15) is 0 Å². The molecule has 92 valence electrons. The Kier molecular flexibility index (Phi) is 2.76. The van der Waals surface area contributed by atoms with Crippen LogP contribution < -0.4 is 5.73 Å². The van der Waals surface area contributed by atoms with Gasteiger partial charge < -0.3 is 14.6 Å². The predicted octanol–water partition coefficient (Wildman–Crippen LogP) is 4.14. The van der Waals surface area contributed by atoms with Crippen LogP contribution in [-0.2, 0) is 0 Å². The normalized spacial score (nSPS) is 13.1. The maximum Gasteiger partial charge on any atom is 0.142 e. The molecule has 2 aromatic heterocycles. The van der Waals surface area contributed by atoms with E-state index in [2.05, 4.69) is 28.9 Å². The fourth-order valence-corrected chi connectivity index (χ4v) is 2.44. The van der Waals surface area contributed by atoms with Gasteiger partial charge in [0, 0.05) is 5.39 Å². The molecule has 0 spiro atoms. The molecule has 18 heavy (non-hydrogen) atoms.